The van der Waals surface area contributed by atoms with Crippen molar-refractivity contribution in [3.63, 3.8) is 0 Å². The van der Waals surface area contributed by atoms with Crippen LogP contribution in [0.3, 0.4) is 0 Å². The summed E-state index contributed by atoms with van der Waals surface area (Å²) in [6.07, 6.45) is 1.65. The van der Waals surface area contributed by atoms with E-state index in [0.29, 0.717) is 0 Å². The first-order valence-electron chi connectivity index (χ1n) is 5.78. The third-order valence-corrected chi connectivity index (χ3v) is 4.80. The van der Waals surface area contributed by atoms with Gasteiger partial charge in [0.25, 0.3) is 0 Å². The first kappa shape index (κ1) is 12.8. The average Bonchev–Trinajstić information content (AvgIpc) is 2.97. The molecule has 0 saturated carbocycles. The molecule has 2 heterocycles. The van der Waals surface area contributed by atoms with Crippen LogP contribution in [0.4, 0.5) is 4.39 Å². The van der Waals surface area contributed by atoms with E-state index in [2.05, 4.69) is 27.3 Å². The fourth-order valence-electron chi connectivity index (χ4n) is 2.08. The van der Waals surface area contributed by atoms with E-state index in [1.54, 1.807) is 29.7 Å². The van der Waals surface area contributed by atoms with Crippen molar-refractivity contribution in [3.8, 4) is 0 Å². The molecule has 98 valence electrons. The molecule has 0 bridgehead atoms. The quantitative estimate of drug-likeness (QED) is 0.747. The van der Waals surface area contributed by atoms with Crippen molar-refractivity contribution in [3.05, 3.63) is 57.5 Å². The minimum absolute atomic E-state index is 0.0372. The van der Waals surface area contributed by atoms with Crippen molar-refractivity contribution in [2.45, 2.75) is 6.04 Å². The first-order valence-corrected chi connectivity index (χ1v) is 7.39. The van der Waals surface area contributed by atoms with Gasteiger partial charge in [-0.15, -0.1) is 11.3 Å². The zero-order valence-corrected chi connectivity index (χ0v) is 12.5. The summed E-state index contributed by atoms with van der Waals surface area (Å²) in [5.41, 5.74) is 0. The first-order chi connectivity index (χ1) is 9.19. The molecule has 5 heteroatoms. The number of nitrogens with one attached hydrogen (secondary N) is 1. The molecular formula is C14H11BrFNOS. The van der Waals surface area contributed by atoms with Crippen LogP contribution in [0.5, 0.6) is 0 Å². The number of hydrogen-bond acceptors (Lipinski definition) is 3. The van der Waals surface area contributed by atoms with Crippen LogP contribution < -0.4 is 5.32 Å². The van der Waals surface area contributed by atoms with Gasteiger partial charge in [0.2, 0.25) is 0 Å². The summed E-state index contributed by atoms with van der Waals surface area (Å²) in [6, 6.07) is 8.74. The third-order valence-electron chi connectivity index (χ3n) is 2.98. The average molecular weight is 340 g/mol. The standard InChI is InChI=1S/C14H11BrFNOS/c1-17-13(14-10(15)4-5-18-14)12-6-8-2-3-9(16)7-11(8)19-12/h2-7,13,17H,1H3. The summed E-state index contributed by atoms with van der Waals surface area (Å²) in [7, 11) is 1.88. The van der Waals surface area contributed by atoms with E-state index in [9.17, 15) is 4.39 Å². The monoisotopic (exact) mass is 339 g/mol. The summed E-state index contributed by atoms with van der Waals surface area (Å²) >= 11 is 5.04. The maximum Gasteiger partial charge on any atom is 0.140 e. The fourth-order valence-corrected chi connectivity index (χ4v) is 3.71. The zero-order valence-electron chi connectivity index (χ0n) is 10.1. The van der Waals surface area contributed by atoms with Crippen LogP contribution in [0.2, 0.25) is 0 Å². The van der Waals surface area contributed by atoms with Crippen molar-refractivity contribution in [2.24, 2.45) is 0 Å². The summed E-state index contributed by atoms with van der Waals surface area (Å²) in [5, 5.41) is 4.28. The van der Waals surface area contributed by atoms with Gasteiger partial charge in [-0.25, -0.2) is 4.39 Å². The Morgan fingerprint density at radius 3 is 2.84 bits per heavy atom. The Bertz CT molecular complexity index is 721. The Balaban J connectivity index is 2.09. The lowest BCUT2D eigenvalue weighted by Gasteiger charge is -2.11. The molecule has 1 N–H and O–H groups in total. The molecular weight excluding hydrogens is 329 g/mol. The smallest absolute Gasteiger partial charge is 0.140 e. The van der Waals surface area contributed by atoms with E-state index in [4.69, 9.17) is 4.42 Å². The number of halogens is 2. The highest BCUT2D eigenvalue weighted by molar-refractivity contribution is 9.10. The highest BCUT2D eigenvalue weighted by Crippen LogP contribution is 2.36. The fraction of sp³-hybridized carbons (Fsp3) is 0.143. The number of furan rings is 1. The number of thiophene rings is 1. The van der Waals surface area contributed by atoms with Crippen molar-refractivity contribution >= 4 is 37.4 Å². The number of benzene rings is 1. The van der Waals surface area contributed by atoms with Crippen LogP contribution in [0.15, 0.2) is 45.5 Å². The van der Waals surface area contributed by atoms with Gasteiger partial charge in [-0.3, -0.25) is 0 Å². The van der Waals surface area contributed by atoms with Gasteiger partial charge in [-0.1, -0.05) is 6.07 Å². The Labute approximate surface area is 122 Å². The second-order valence-corrected chi connectivity index (χ2v) is 6.16. The maximum absolute atomic E-state index is 13.2. The van der Waals surface area contributed by atoms with E-state index in [1.165, 1.54) is 6.07 Å². The number of fused-ring (bicyclic) bond motifs is 1. The van der Waals surface area contributed by atoms with Gasteiger partial charge in [0.1, 0.15) is 17.6 Å². The van der Waals surface area contributed by atoms with E-state index in [0.717, 1.165) is 25.2 Å². The molecule has 3 rings (SSSR count). The predicted octanol–water partition coefficient (Wildman–Crippen LogP) is 4.70. The summed E-state index contributed by atoms with van der Waals surface area (Å²) < 4.78 is 20.6. The highest BCUT2D eigenvalue weighted by Gasteiger charge is 2.20. The molecule has 3 aromatic rings. The molecule has 0 aliphatic carbocycles. The summed E-state index contributed by atoms with van der Waals surface area (Å²) in [6.45, 7) is 0. The van der Waals surface area contributed by atoms with E-state index in [1.807, 2.05) is 13.1 Å². The lowest BCUT2D eigenvalue weighted by atomic mass is 10.1. The molecule has 0 aliphatic heterocycles. The van der Waals surface area contributed by atoms with Gasteiger partial charge in [0.05, 0.1) is 10.7 Å². The van der Waals surface area contributed by atoms with E-state index in [-0.39, 0.29) is 11.9 Å². The van der Waals surface area contributed by atoms with Gasteiger partial charge >= 0.3 is 0 Å². The van der Waals surface area contributed by atoms with Crippen molar-refractivity contribution in [2.75, 3.05) is 7.05 Å². The number of rotatable bonds is 3. The van der Waals surface area contributed by atoms with E-state index >= 15 is 0 Å². The van der Waals surface area contributed by atoms with Crippen molar-refractivity contribution in [1.29, 1.82) is 0 Å². The van der Waals surface area contributed by atoms with Crippen molar-refractivity contribution in [1.82, 2.24) is 5.32 Å². The topological polar surface area (TPSA) is 25.2 Å². The second-order valence-electron chi connectivity index (χ2n) is 4.19. The molecule has 0 aliphatic rings. The molecule has 0 fully saturated rings. The van der Waals surface area contributed by atoms with Crippen LogP contribution in [0, 0.1) is 5.82 Å². The predicted molar refractivity (Wildman–Crippen MR) is 79.1 cm³/mol. The molecule has 0 spiro atoms. The zero-order chi connectivity index (χ0) is 13.4. The second kappa shape index (κ2) is 5.07. The van der Waals surface area contributed by atoms with E-state index < -0.39 is 0 Å². The third kappa shape index (κ3) is 2.33. The van der Waals surface area contributed by atoms with Crippen LogP contribution in [0.25, 0.3) is 10.1 Å². The molecule has 0 saturated heterocycles. The molecule has 0 radical (unpaired) electrons. The molecule has 19 heavy (non-hydrogen) atoms. The van der Waals surface area contributed by atoms with Gasteiger partial charge in [-0.05, 0) is 52.6 Å². The molecule has 2 nitrogen and oxygen atoms in total. The lowest BCUT2D eigenvalue weighted by molar-refractivity contribution is 0.464. The lowest BCUT2D eigenvalue weighted by Crippen LogP contribution is -2.16. The Morgan fingerprint density at radius 2 is 2.16 bits per heavy atom. The molecule has 0 amide bonds. The van der Waals surface area contributed by atoms with Crippen LogP contribution in [-0.2, 0) is 0 Å². The minimum Gasteiger partial charge on any atom is -0.466 e. The minimum atomic E-state index is -0.207. The molecule has 1 atom stereocenters. The van der Waals surface area contributed by atoms with Crippen molar-refractivity contribution < 1.29 is 8.81 Å². The van der Waals surface area contributed by atoms with Gasteiger partial charge in [-0.2, -0.15) is 0 Å². The van der Waals surface area contributed by atoms with Gasteiger partial charge in [0.15, 0.2) is 0 Å². The largest absolute Gasteiger partial charge is 0.466 e. The Morgan fingerprint density at radius 1 is 1.32 bits per heavy atom. The van der Waals surface area contributed by atoms with Gasteiger partial charge in [0, 0.05) is 9.58 Å². The molecule has 1 unspecified atom stereocenters. The van der Waals surface area contributed by atoms with Crippen LogP contribution in [-0.4, -0.2) is 7.05 Å². The summed E-state index contributed by atoms with van der Waals surface area (Å²) in [4.78, 5) is 1.10. The SMILES string of the molecule is CNC(c1cc2ccc(F)cc2s1)c1occc1Br. The van der Waals surface area contributed by atoms with Crippen LogP contribution in [0.1, 0.15) is 16.7 Å². The Kier molecular flexibility index (Phi) is 3.43. The maximum atomic E-state index is 13.2. The Hall–Kier alpha value is -1.17. The van der Waals surface area contributed by atoms with Crippen LogP contribution >= 0.6 is 27.3 Å². The van der Waals surface area contributed by atoms with Gasteiger partial charge < -0.3 is 9.73 Å². The molecule has 1 aromatic carbocycles. The normalized spacial score (nSPS) is 13.0. The highest BCUT2D eigenvalue weighted by atomic mass is 79.9. The molecule has 2 aromatic heterocycles. The summed E-state index contributed by atoms with van der Waals surface area (Å²) in [5.74, 6) is 0.621. The number of hydrogen-bond donors (Lipinski definition) is 1.